The molecule has 6 heteroatoms. The monoisotopic (exact) mass is 490 g/mol. The van der Waals surface area contributed by atoms with E-state index in [1.165, 1.54) is 10.8 Å². The van der Waals surface area contributed by atoms with E-state index in [2.05, 4.69) is 61.2 Å². The first kappa shape index (κ1) is 22.1. The molecule has 1 unspecified atom stereocenters. The van der Waals surface area contributed by atoms with Crippen LogP contribution in [0.15, 0.2) is 48.1 Å². The average Bonchev–Trinajstić information content (AvgIpc) is 3.18. The Balaban J connectivity index is 0.000000422. The van der Waals surface area contributed by atoms with Gasteiger partial charge < -0.3 is 29.6 Å². The molecule has 0 aromatic heterocycles. The topological polar surface area (TPSA) is 9.23 Å². The van der Waals surface area contributed by atoms with E-state index in [0.29, 0.717) is 0 Å². The Morgan fingerprint density at radius 2 is 2.09 bits per heavy atom. The fourth-order valence-corrected chi connectivity index (χ4v) is 2.49. The third-order valence-corrected chi connectivity index (χ3v) is 3.27. The molecule has 0 saturated heterocycles. The molecule has 0 saturated carbocycles. The van der Waals surface area contributed by atoms with E-state index in [1.54, 1.807) is 0 Å². The van der Waals surface area contributed by atoms with Crippen LogP contribution >= 0.6 is 24.8 Å². The van der Waals surface area contributed by atoms with Crippen molar-refractivity contribution in [1.29, 1.82) is 0 Å². The molecule has 0 spiro atoms. The second-order valence-electron chi connectivity index (χ2n) is 4.07. The van der Waals surface area contributed by atoms with Crippen molar-refractivity contribution in [3.63, 3.8) is 0 Å². The van der Waals surface area contributed by atoms with Crippen LogP contribution in [0.5, 0.6) is 0 Å². The van der Waals surface area contributed by atoms with Crippen LogP contribution in [0.1, 0.15) is 6.42 Å². The molecule has 4 rings (SSSR count). The van der Waals surface area contributed by atoms with Crippen LogP contribution in [-0.2, 0) is 27.4 Å². The third-order valence-electron chi connectivity index (χ3n) is 2.82. The van der Waals surface area contributed by atoms with Crippen molar-refractivity contribution in [3.05, 3.63) is 70.7 Å². The Morgan fingerprint density at radius 3 is 2.68 bits per heavy atom. The summed E-state index contributed by atoms with van der Waals surface area (Å²) in [5.41, 5.74) is 1.17. The normalized spacial score (nSPS) is 17.9. The summed E-state index contributed by atoms with van der Waals surface area (Å²) in [6.07, 6.45) is 14.2. The number of ether oxygens (including phenoxy) is 1. The van der Waals surface area contributed by atoms with E-state index in [4.69, 9.17) is 4.74 Å². The van der Waals surface area contributed by atoms with Crippen molar-refractivity contribution in [2.45, 2.75) is 11.4 Å². The van der Waals surface area contributed by atoms with E-state index in [-0.39, 0.29) is 29.8 Å². The maximum absolute atomic E-state index is 5.59. The predicted octanol–water partition coefficient (Wildman–Crippen LogP) is -2.97. The number of rotatable bonds is 0. The van der Waals surface area contributed by atoms with E-state index in [9.17, 15) is 0 Å². The summed E-state index contributed by atoms with van der Waals surface area (Å²) in [4.78, 5) is 0. The molecule has 1 aromatic rings. The number of allylic oxidation sites excluding steroid dienone is 4. The average molecular weight is 493 g/mol. The third kappa shape index (κ3) is 5.65. The van der Waals surface area contributed by atoms with Crippen molar-refractivity contribution in [2.24, 2.45) is 0 Å². The van der Waals surface area contributed by atoms with Crippen LogP contribution in [-0.4, -0.2) is 5.01 Å². The van der Waals surface area contributed by atoms with Gasteiger partial charge in [-0.3, -0.25) is 6.08 Å². The summed E-state index contributed by atoms with van der Waals surface area (Å²) in [5, 5.41) is 2.30. The van der Waals surface area contributed by atoms with Gasteiger partial charge in [0.2, 0.25) is 0 Å². The molecular weight excluding hydrogens is 482 g/mol. The van der Waals surface area contributed by atoms with Crippen LogP contribution in [0.3, 0.4) is 0 Å². The van der Waals surface area contributed by atoms with Gasteiger partial charge in [-0.2, -0.15) is 6.08 Å². The van der Waals surface area contributed by atoms with Crippen LogP contribution in [0.4, 0.5) is 0 Å². The van der Waals surface area contributed by atoms with Crippen molar-refractivity contribution in [3.8, 4) is 0 Å². The second kappa shape index (κ2) is 11.6. The summed E-state index contributed by atoms with van der Waals surface area (Å²) >= 11 is 4.53. The van der Waals surface area contributed by atoms with Crippen LogP contribution in [0.2, 0.25) is 0 Å². The predicted molar refractivity (Wildman–Crippen MR) is 83.4 cm³/mol. The van der Waals surface area contributed by atoms with Crippen molar-refractivity contribution in [2.75, 3.05) is 0 Å². The molecule has 0 fully saturated rings. The molecule has 0 N–H and O–H groups in total. The summed E-state index contributed by atoms with van der Waals surface area (Å²) < 4.78 is 5.59. The second-order valence-corrected chi connectivity index (χ2v) is 4.97. The van der Waals surface area contributed by atoms with Gasteiger partial charge in [0, 0.05) is 0 Å². The Labute approximate surface area is 169 Å². The molecule has 1 aromatic carbocycles. The van der Waals surface area contributed by atoms with Gasteiger partial charge in [0.1, 0.15) is 0 Å². The standard InChI is InChI=1S/C11H6BrO.C5H5.2ClH.S.Zr/c12-10-6-8-5-7-3-1-2-4-9(7)11(8)13-10;1-2-4-5-3-1;;;;/h1-3,5-6,10H;1-3H,4H2;2*1H;;/q2*-1;;;;+2/p-2. The Kier molecular flexibility index (Phi) is 11.7. The van der Waals surface area contributed by atoms with Crippen LogP contribution < -0.4 is 35.3 Å². The van der Waals surface area contributed by atoms with Gasteiger partial charge in [0.25, 0.3) is 0 Å². The van der Waals surface area contributed by atoms with E-state index in [0.717, 1.165) is 40.1 Å². The molecular formula is C16H11BrCl2OSZr-2. The molecule has 1 nitrogen and oxygen atoms in total. The van der Waals surface area contributed by atoms with Gasteiger partial charge >= 0.3 is 31.5 Å². The van der Waals surface area contributed by atoms with Gasteiger partial charge in [0.05, 0.1) is 5.76 Å². The van der Waals surface area contributed by atoms with Crippen molar-refractivity contribution >= 4 is 36.6 Å². The molecule has 0 radical (unpaired) electrons. The molecule has 1 heterocycles. The number of hydrogen-bond donors (Lipinski definition) is 0. The zero-order chi connectivity index (χ0) is 14.4. The van der Waals surface area contributed by atoms with Crippen LogP contribution in [0, 0.1) is 12.1 Å². The van der Waals surface area contributed by atoms with E-state index >= 15 is 0 Å². The molecule has 1 aliphatic heterocycles. The number of benzene rings is 1. The van der Waals surface area contributed by atoms with Crippen LogP contribution in [0.25, 0.3) is 11.8 Å². The summed E-state index contributed by atoms with van der Waals surface area (Å²) in [6.45, 7) is 0. The maximum atomic E-state index is 5.59. The summed E-state index contributed by atoms with van der Waals surface area (Å²) in [6, 6.07) is 9.16. The molecule has 3 aliphatic rings. The van der Waals surface area contributed by atoms with E-state index < -0.39 is 0 Å². The first-order chi connectivity index (χ1) is 9.84. The first-order valence-corrected chi connectivity index (χ1v) is 10.4. The molecule has 2 aliphatic carbocycles. The minimum atomic E-state index is 0. The first-order valence-electron chi connectivity index (χ1n) is 6.02. The number of halogens is 3. The summed E-state index contributed by atoms with van der Waals surface area (Å²) in [7, 11) is 4.17. The van der Waals surface area contributed by atoms with Gasteiger partial charge in [-0.25, -0.2) is 12.2 Å². The zero-order valence-electron chi connectivity index (χ0n) is 11.4. The number of alkyl halides is 1. The number of hydrogen-bond acceptors (Lipinski definition) is 2. The Morgan fingerprint density at radius 1 is 1.32 bits per heavy atom. The fourth-order valence-electron chi connectivity index (χ4n) is 2.02. The number of fused-ring (bicyclic) bond motifs is 2. The van der Waals surface area contributed by atoms with Crippen molar-refractivity contribution < 1.29 is 52.2 Å². The van der Waals surface area contributed by atoms with Gasteiger partial charge in [-0.1, -0.05) is 6.08 Å². The fraction of sp³-hybridized carbons (Fsp3) is 0.125. The Hall–Kier alpha value is 0.143. The molecule has 0 bridgehead atoms. The SMILES string of the molecule is BrC1C=C2C=c3ccc[c-]c3=C2O1.[C-]1=CC=CC1.[Cl-].[Cl-].[S]=[Zr+2]. The van der Waals surface area contributed by atoms with Gasteiger partial charge in [0.15, 0.2) is 5.01 Å². The van der Waals surface area contributed by atoms with Crippen molar-refractivity contribution in [1.82, 2.24) is 0 Å². The Bertz CT molecular complexity index is 690. The minimum absolute atomic E-state index is 0. The van der Waals surface area contributed by atoms with Gasteiger partial charge in [-0.15, -0.1) is 41.1 Å². The molecule has 0 amide bonds. The summed E-state index contributed by atoms with van der Waals surface area (Å²) in [5.74, 6) is 0.956. The molecule has 114 valence electrons. The molecule has 22 heavy (non-hydrogen) atoms. The quantitative estimate of drug-likeness (QED) is 0.282. The molecule has 1 atom stereocenters. The van der Waals surface area contributed by atoms with Gasteiger partial charge in [-0.05, 0) is 27.6 Å². The zero-order valence-corrected chi connectivity index (χ0v) is 17.7. The van der Waals surface area contributed by atoms with E-state index in [1.807, 2.05) is 24.3 Å².